The number of ether oxygens (including phenoxy) is 1. The zero-order valence-electron chi connectivity index (χ0n) is 12.8. The van der Waals surface area contributed by atoms with Crippen molar-refractivity contribution < 1.29 is 14.6 Å². The molecule has 0 heterocycles. The Kier molecular flexibility index (Phi) is 5.60. The average molecular weight is 333 g/mol. The van der Waals surface area contributed by atoms with Crippen LogP contribution in [0.5, 0.6) is 11.5 Å². The van der Waals surface area contributed by atoms with Crippen LogP contribution in [0, 0.1) is 6.92 Å². The maximum Gasteiger partial charge on any atom is 0.280 e. The number of carbonyl (C=O) groups is 1. The first-order chi connectivity index (χ1) is 11.0. The fourth-order valence-electron chi connectivity index (χ4n) is 1.81. The normalized spacial score (nSPS) is 12.1. The zero-order valence-corrected chi connectivity index (χ0v) is 13.5. The molecular formula is C17H17ClN2O3. The van der Waals surface area contributed by atoms with E-state index < -0.39 is 6.10 Å². The number of carbonyl (C=O) groups excluding carboxylic acids is 1. The lowest BCUT2D eigenvalue weighted by Gasteiger charge is -2.14. The molecule has 1 amide bonds. The number of hydrogen-bond donors (Lipinski definition) is 2. The van der Waals surface area contributed by atoms with Crippen LogP contribution < -0.4 is 10.2 Å². The summed E-state index contributed by atoms with van der Waals surface area (Å²) >= 11 is 5.88. The van der Waals surface area contributed by atoms with Gasteiger partial charge in [-0.1, -0.05) is 11.6 Å². The first-order valence-corrected chi connectivity index (χ1v) is 7.38. The first-order valence-electron chi connectivity index (χ1n) is 7.00. The molecule has 0 radical (unpaired) electrons. The van der Waals surface area contributed by atoms with Gasteiger partial charge in [0.25, 0.3) is 5.91 Å². The van der Waals surface area contributed by atoms with Crippen molar-refractivity contribution >= 4 is 23.7 Å². The Morgan fingerprint density at radius 1 is 1.30 bits per heavy atom. The van der Waals surface area contributed by atoms with Crippen LogP contribution in [0.1, 0.15) is 18.1 Å². The highest BCUT2D eigenvalue weighted by Gasteiger charge is 2.15. The molecular weight excluding hydrogens is 316 g/mol. The molecule has 6 heteroatoms. The summed E-state index contributed by atoms with van der Waals surface area (Å²) in [6.07, 6.45) is 0.782. The summed E-state index contributed by atoms with van der Waals surface area (Å²) < 4.78 is 5.60. The number of hydrogen-bond acceptors (Lipinski definition) is 4. The van der Waals surface area contributed by atoms with Crippen LogP contribution in [0.3, 0.4) is 0 Å². The second-order valence-electron chi connectivity index (χ2n) is 5.00. The molecule has 2 rings (SSSR count). The molecule has 0 aliphatic carbocycles. The molecule has 0 bridgehead atoms. The lowest BCUT2D eigenvalue weighted by atomic mass is 10.2. The van der Waals surface area contributed by atoms with E-state index in [0.717, 1.165) is 11.1 Å². The molecule has 23 heavy (non-hydrogen) atoms. The van der Waals surface area contributed by atoms with Gasteiger partial charge in [-0.05, 0) is 67.4 Å². The van der Waals surface area contributed by atoms with Crippen LogP contribution in [0.2, 0.25) is 5.02 Å². The number of phenolic OH excluding ortho intramolecular Hbond substituents is 1. The van der Waals surface area contributed by atoms with Crippen LogP contribution in [0.15, 0.2) is 47.6 Å². The van der Waals surface area contributed by atoms with E-state index in [1.165, 1.54) is 18.3 Å². The van der Waals surface area contributed by atoms with Gasteiger partial charge >= 0.3 is 0 Å². The Morgan fingerprint density at radius 3 is 2.65 bits per heavy atom. The number of hydrazone groups is 1. The Balaban J connectivity index is 1.90. The molecule has 0 fully saturated rings. The minimum Gasteiger partial charge on any atom is -0.508 e. The summed E-state index contributed by atoms with van der Waals surface area (Å²) in [6.45, 7) is 3.49. The van der Waals surface area contributed by atoms with E-state index >= 15 is 0 Å². The summed E-state index contributed by atoms with van der Waals surface area (Å²) in [5.74, 6) is 0.403. The number of nitrogens with zero attached hydrogens (tertiary/aromatic N) is 1. The largest absolute Gasteiger partial charge is 0.508 e. The van der Waals surface area contributed by atoms with Crippen molar-refractivity contribution in [3.05, 3.63) is 58.6 Å². The predicted molar refractivity (Wildman–Crippen MR) is 90.1 cm³/mol. The van der Waals surface area contributed by atoms with Gasteiger partial charge < -0.3 is 9.84 Å². The molecule has 1 atom stereocenters. The van der Waals surface area contributed by atoms with Crippen molar-refractivity contribution in [1.82, 2.24) is 5.43 Å². The topological polar surface area (TPSA) is 70.9 Å². The third-order valence-corrected chi connectivity index (χ3v) is 3.33. The number of benzene rings is 2. The van der Waals surface area contributed by atoms with E-state index in [1.54, 1.807) is 37.3 Å². The van der Waals surface area contributed by atoms with E-state index in [4.69, 9.17) is 16.3 Å². The molecule has 0 unspecified atom stereocenters. The van der Waals surface area contributed by atoms with Crippen molar-refractivity contribution in [2.45, 2.75) is 20.0 Å². The summed E-state index contributed by atoms with van der Waals surface area (Å²) in [6, 6.07) is 11.6. The van der Waals surface area contributed by atoms with Gasteiger partial charge in [0.2, 0.25) is 0 Å². The lowest BCUT2D eigenvalue weighted by molar-refractivity contribution is -0.127. The van der Waals surface area contributed by atoms with Crippen molar-refractivity contribution in [2.24, 2.45) is 5.10 Å². The number of amides is 1. The molecule has 0 spiro atoms. The van der Waals surface area contributed by atoms with E-state index in [0.29, 0.717) is 10.8 Å². The van der Waals surface area contributed by atoms with Gasteiger partial charge in [-0.15, -0.1) is 0 Å². The first kappa shape index (κ1) is 16.8. The number of aromatic hydroxyl groups is 1. The average Bonchev–Trinajstić information content (AvgIpc) is 2.51. The quantitative estimate of drug-likeness (QED) is 0.652. The van der Waals surface area contributed by atoms with Gasteiger partial charge in [0, 0.05) is 5.02 Å². The molecule has 2 N–H and O–H groups in total. The second kappa shape index (κ2) is 7.65. The van der Waals surface area contributed by atoms with Crippen LogP contribution in [0.4, 0.5) is 0 Å². The number of halogens is 1. The maximum absolute atomic E-state index is 12.0. The van der Waals surface area contributed by atoms with Crippen LogP contribution in [-0.4, -0.2) is 23.3 Å². The van der Waals surface area contributed by atoms with E-state index in [2.05, 4.69) is 10.5 Å². The van der Waals surface area contributed by atoms with Gasteiger partial charge in [0.1, 0.15) is 11.5 Å². The SMILES string of the molecule is Cc1cc(Cl)ccc1O[C@H](C)C(=O)N/N=C\c1ccc(O)cc1. The van der Waals surface area contributed by atoms with E-state index in [9.17, 15) is 9.90 Å². The Morgan fingerprint density at radius 2 is 2.00 bits per heavy atom. The fourth-order valence-corrected chi connectivity index (χ4v) is 2.04. The number of aryl methyl sites for hydroxylation is 1. The van der Waals surface area contributed by atoms with Gasteiger partial charge in [-0.25, -0.2) is 5.43 Å². The van der Waals surface area contributed by atoms with Crippen molar-refractivity contribution in [1.29, 1.82) is 0 Å². The van der Waals surface area contributed by atoms with Crippen molar-refractivity contribution in [3.63, 3.8) is 0 Å². The summed E-state index contributed by atoms with van der Waals surface area (Å²) in [7, 11) is 0. The molecule has 0 saturated heterocycles. The Hall–Kier alpha value is -2.53. The summed E-state index contributed by atoms with van der Waals surface area (Å²) in [5, 5.41) is 13.7. The van der Waals surface area contributed by atoms with Crippen molar-refractivity contribution in [3.8, 4) is 11.5 Å². The smallest absolute Gasteiger partial charge is 0.280 e. The predicted octanol–water partition coefficient (Wildman–Crippen LogP) is 3.27. The van der Waals surface area contributed by atoms with Gasteiger partial charge in [-0.2, -0.15) is 5.10 Å². The molecule has 5 nitrogen and oxygen atoms in total. The molecule has 0 saturated carbocycles. The fraction of sp³-hybridized carbons (Fsp3) is 0.176. The molecule has 0 aliphatic heterocycles. The summed E-state index contributed by atoms with van der Waals surface area (Å²) in [4.78, 5) is 12.0. The highest BCUT2D eigenvalue weighted by Crippen LogP contribution is 2.22. The highest BCUT2D eigenvalue weighted by atomic mass is 35.5. The van der Waals surface area contributed by atoms with E-state index in [-0.39, 0.29) is 11.7 Å². The zero-order chi connectivity index (χ0) is 16.8. The molecule has 2 aromatic rings. The lowest BCUT2D eigenvalue weighted by Crippen LogP contribution is -2.33. The van der Waals surface area contributed by atoms with Crippen LogP contribution in [-0.2, 0) is 4.79 Å². The molecule has 2 aromatic carbocycles. The number of phenols is 1. The van der Waals surface area contributed by atoms with Gasteiger partial charge in [0.05, 0.1) is 6.21 Å². The number of nitrogens with one attached hydrogen (secondary N) is 1. The Labute approximate surface area is 139 Å². The number of rotatable bonds is 5. The van der Waals surface area contributed by atoms with Crippen LogP contribution in [0.25, 0.3) is 0 Å². The third kappa shape index (κ3) is 5.00. The van der Waals surface area contributed by atoms with E-state index in [1.807, 2.05) is 6.92 Å². The Bertz CT molecular complexity index is 714. The van der Waals surface area contributed by atoms with Gasteiger partial charge in [0.15, 0.2) is 6.10 Å². The molecule has 0 aliphatic rings. The second-order valence-corrected chi connectivity index (χ2v) is 5.43. The summed E-state index contributed by atoms with van der Waals surface area (Å²) in [5.41, 5.74) is 4.02. The maximum atomic E-state index is 12.0. The van der Waals surface area contributed by atoms with Crippen LogP contribution >= 0.6 is 11.6 Å². The van der Waals surface area contributed by atoms with Crippen molar-refractivity contribution in [2.75, 3.05) is 0 Å². The molecule has 120 valence electrons. The molecule has 0 aromatic heterocycles. The monoisotopic (exact) mass is 332 g/mol. The third-order valence-electron chi connectivity index (χ3n) is 3.09. The minimum atomic E-state index is -0.702. The highest BCUT2D eigenvalue weighted by molar-refractivity contribution is 6.30. The minimum absolute atomic E-state index is 0.173. The standard InChI is InChI=1S/C17H17ClN2O3/c1-11-9-14(18)5-8-16(11)23-12(2)17(22)20-19-10-13-3-6-15(21)7-4-13/h3-10,12,21H,1-2H3,(H,20,22)/b19-10-/t12-/m1/s1. The van der Waals surface area contributed by atoms with Gasteiger partial charge in [-0.3, -0.25) is 4.79 Å².